The SMILES string of the molecule is O=C(CCc1ccccc1)C1=C(O)C(=O)N(CCOCCO)C1c1cccs1. The number of Topliss-reactive ketones (excluding diaryl/α,β-unsaturated/α-hetero) is 1. The van der Waals surface area contributed by atoms with Crippen LogP contribution in [0, 0.1) is 0 Å². The average molecular weight is 401 g/mol. The highest BCUT2D eigenvalue weighted by Gasteiger charge is 2.43. The zero-order valence-corrected chi connectivity index (χ0v) is 16.2. The van der Waals surface area contributed by atoms with Gasteiger partial charge >= 0.3 is 0 Å². The van der Waals surface area contributed by atoms with E-state index in [1.54, 1.807) is 0 Å². The number of benzene rings is 1. The molecule has 0 spiro atoms. The number of nitrogens with zero attached hydrogens (tertiary/aromatic N) is 1. The first kappa shape index (κ1) is 20.3. The minimum atomic E-state index is -0.603. The van der Waals surface area contributed by atoms with Crippen LogP contribution in [0.1, 0.15) is 22.9 Å². The number of aliphatic hydroxyl groups is 2. The number of rotatable bonds is 10. The van der Waals surface area contributed by atoms with Gasteiger partial charge in [0, 0.05) is 17.8 Å². The average Bonchev–Trinajstić information content (AvgIpc) is 3.32. The van der Waals surface area contributed by atoms with Gasteiger partial charge in [-0.1, -0.05) is 36.4 Å². The molecule has 28 heavy (non-hydrogen) atoms. The Kier molecular flexibility index (Phi) is 6.97. The molecule has 0 aliphatic carbocycles. The van der Waals surface area contributed by atoms with Crippen LogP contribution in [0.15, 0.2) is 59.2 Å². The Labute approximate surface area is 167 Å². The van der Waals surface area contributed by atoms with Crippen LogP contribution in [0.3, 0.4) is 0 Å². The Bertz CT molecular complexity index is 832. The molecular formula is C21H23NO5S. The number of hydrogen-bond donors (Lipinski definition) is 2. The summed E-state index contributed by atoms with van der Waals surface area (Å²) in [6.45, 7) is 0.511. The highest BCUT2D eigenvalue weighted by Crippen LogP contribution is 2.39. The molecule has 1 aromatic heterocycles. The van der Waals surface area contributed by atoms with Gasteiger partial charge in [-0.25, -0.2) is 0 Å². The lowest BCUT2D eigenvalue weighted by Gasteiger charge is -2.25. The third-order valence-electron chi connectivity index (χ3n) is 4.61. The highest BCUT2D eigenvalue weighted by molar-refractivity contribution is 7.10. The molecule has 6 nitrogen and oxygen atoms in total. The highest BCUT2D eigenvalue weighted by atomic mass is 32.1. The quantitative estimate of drug-likeness (QED) is 0.598. The molecule has 148 valence electrons. The van der Waals surface area contributed by atoms with Crippen LogP contribution < -0.4 is 0 Å². The molecule has 0 radical (unpaired) electrons. The van der Waals surface area contributed by atoms with Crippen LogP contribution in [0.25, 0.3) is 0 Å². The van der Waals surface area contributed by atoms with E-state index < -0.39 is 17.7 Å². The first-order valence-corrected chi connectivity index (χ1v) is 10.0. The van der Waals surface area contributed by atoms with Crippen molar-refractivity contribution in [2.24, 2.45) is 0 Å². The summed E-state index contributed by atoms with van der Waals surface area (Å²) in [7, 11) is 0. The molecule has 0 saturated heterocycles. The lowest BCUT2D eigenvalue weighted by Crippen LogP contribution is -2.34. The van der Waals surface area contributed by atoms with Gasteiger partial charge in [0.1, 0.15) is 0 Å². The van der Waals surface area contributed by atoms with Crippen molar-refractivity contribution in [2.75, 3.05) is 26.4 Å². The van der Waals surface area contributed by atoms with Crippen LogP contribution >= 0.6 is 11.3 Å². The van der Waals surface area contributed by atoms with Gasteiger partial charge in [-0.3, -0.25) is 9.59 Å². The van der Waals surface area contributed by atoms with Crippen molar-refractivity contribution in [3.8, 4) is 0 Å². The molecule has 0 bridgehead atoms. The Morgan fingerprint density at radius 1 is 1.14 bits per heavy atom. The fraction of sp³-hybridized carbons (Fsp3) is 0.333. The molecule has 0 saturated carbocycles. The number of thiophene rings is 1. The summed E-state index contributed by atoms with van der Waals surface area (Å²) >= 11 is 1.44. The summed E-state index contributed by atoms with van der Waals surface area (Å²) in [5.41, 5.74) is 1.19. The van der Waals surface area contributed by atoms with Crippen LogP contribution in [0.5, 0.6) is 0 Å². The van der Waals surface area contributed by atoms with Gasteiger partial charge in [0.25, 0.3) is 5.91 Å². The molecule has 2 heterocycles. The number of ketones is 1. The van der Waals surface area contributed by atoms with E-state index in [1.165, 1.54) is 16.2 Å². The lowest BCUT2D eigenvalue weighted by atomic mass is 9.97. The molecular weight excluding hydrogens is 378 g/mol. The predicted molar refractivity (Wildman–Crippen MR) is 106 cm³/mol. The molecule has 3 rings (SSSR count). The summed E-state index contributed by atoms with van der Waals surface area (Å²) in [6.07, 6.45) is 0.759. The van der Waals surface area contributed by atoms with Crippen molar-refractivity contribution >= 4 is 23.0 Å². The van der Waals surface area contributed by atoms with E-state index in [9.17, 15) is 14.7 Å². The molecule has 0 fully saturated rings. The summed E-state index contributed by atoms with van der Waals surface area (Å²) in [5, 5.41) is 21.2. The van der Waals surface area contributed by atoms with Crippen LogP contribution in [-0.2, 0) is 20.7 Å². The van der Waals surface area contributed by atoms with Crippen molar-refractivity contribution < 1.29 is 24.5 Å². The standard InChI is InChI=1S/C21H23NO5S/c23-11-13-27-12-10-22-19(17-7-4-14-28-17)18(20(25)21(22)26)16(24)9-8-15-5-2-1-3-6-15/h1-7,14,19,23,25H,8-13H2. The first-order chi connectivity index (χ1) is 13.6. The largest absolute Gasteiger partial charge is 0.503 e. The molecule has 2 aromatic rings. The molecule has 1 aliphatic rings. The number of hydrogen-bond acceptors (Lipinski definition) is 6. The smallest absolute Gasteiger partial charge is 0.290 e. The number of carbonyl (C=O) groups excluding carboxylic acids is 2. The fourth-order valence-corrected chi connectivity index (χ4v) is 4.12. The van der Waals surface area contributed by atoms with E-state index in [2.05, 4.69) is 0 Å². The maximum absolute atomic E-state index is 12.9. The van der Waals surface area contributed by atoms with Gasteiger partial charge in [0.2, 0.25) is 0 Å². The van der Waals surface area contributed by atoms with Crippen molar-refractivity contribution in [3.05, 3.63) is 69.6 Å². The minimum absolute atomic E-state index is 0.102. The number of amides is 1. The van der Waals surface area contributed by atoms with E-state index >= 15 is 0 Å². The molecule has 1 unspecified atom stereocenters. The Hall–Kier alpha value is -2.48. The maximum atomic E-state index is 12.9. The van der Waals surface area contributed by atoms with E-state index in [-0.39, 0.29) is 44.1 Å². The predicted octanol–water partition coefficient (Wildman–Crippen LogP) is 2.65. The van der Waals surface area contributed by atoms with E-state index in [0.29, 0.717) is 6.42 Å². The van der Waals surface area contributed by atoms with Gasteiger partial charge < -0.3 is 19.8 Å². The third kappa shape index (κ3) is 4.49. The van der Waals surface area contributed by atoms with Crippen molar-refractivity contribution in [1.82, 2.24) is 4.90 Å². The monoisotopic (exact) mass is 401 g/mol. The summed E-state index contributed by atoms with van der Waals surface area (Å²) < 4.78 is 5.27. The van der Waals surface area contributed by atoms with Crippen LogP contribution in [0.2, 0.25) is 0 Å². The fourth-order valence-electron chi connectivity index (χ4n) is 3.28. The Morgan fingerprint density at radius 2 is 1.93 bits per heavy atom. The van der Waals surface area contributed by atoms with Crippen molar-refractivity contribution in [3.63, 3.8) is 0 Å². The topological polar surface area (TPSA) is 87.1 Å². The number of aryl methyl sites for hydroxylation is 1. The molecule has 1 atom stereocenters. The van der Waals surface area contributed by atoms with Crippen LogP contribution in [0.4, 0.5) is 0 Å². The van der Waals surface area contributed by atoms with Gasteiger partial charge in [-0.15, -0.1) is 11.3 Å². The molecule has 1 amide bonds. The van der Waals surface area contributed by atoms with E-state index in [1.807, 2.05) is 47.8 Å². The second-order valence-corrected chi connectivity index (χ2v) is 7.40. The van der Waals surface area contributed by atoms with Gasteiger partial charge in [0.05, 0.1) is 31.4 Å². The van der Waals surface area contributed by atoms with E-state index in [4.69, 9.17) is 9.84 Å². The van der Waals surface area contributed by atoms with Gasteiger partial charge in [0.15, 0.2) is 11.5 Å². The zero-order valence-electron chi connectivity index (χ0n) is 15.4. The lowest BCUT2D eigenvalue weighted by molar-refractivity contribution is -0.130. The Balaban J connectivity index is 1.78. The molecule has 2 N–H and O–H groups in total. The normalized spacial score (nSPS) is 16.8. The summed E-state index contributed by atoms with van der Waals surface area (Å²) in [6, 6.07) is 12.7. The summed E-state index contributed by atoms with van der Waals surface area (Å²) in [4.78, 5) is 27.9. The number of ether oxygens (including phenoxy) is 1. The van der Waals surface area contributed by atoms with Crippen LogP contribution in [-0.4, -0.2) is 53.2 Å². The molecule has 1 aliphatic heterocycles. The minimum Gasteiger partial charge on any atom is -0.503 e. The summed E-state index contributed by atoms with van der Waals surface area (Å²) in [5.74, 6) is -1.26. The zero-order chi connectivity index (χ0) is 19.9. The molecule has 7 heteroatoms. The van der Waals surface area contributed by atoms with Crippen molar-refractivity contribution in [1.29, 1.82) is 0 Å². The Morgan fingerprint density at radius 3 is 2.61 bits per heavy atom. The van der Waals surface area contributed by atoms with Gasteiger partial charge in [-0.2, -0.15) is 0 Å². The van der Waals surface area contributed by atoms with E-state index in [0.717, 1.165) is 10.4 Å². The number of aliphatic hydroxyl groups excluding tert-OH is 2. The second kappa shape index (κ2) is 9.64. The first-order valence-electron chi connectivity index (χ1n) is 9.16. The van der Waals surface area contributed by atoms with Crippen molar-refractivity contribution in [2.45, 2.75) is 18.9 Å². The number of carbonyl (C=O) groups is 2. The second-order valence-electron chi connectivity index (χ2n) is 6.42. The molecule has 1 aromatic carbocycles. The third-order valence-corrected chi connectivity index (χ3v) is 5.54. The maximum Gasteiger partial charge on any atom is 0.290 e. The van der Waals surface area contributed by atoms with Gasteiger partial charge in [-0.05, 0) is 23.4 Å².